The Morgan fingerprint density at radius 2 is 1.89 bits per heavy atom. The molecule has 96 valence electrons. The van der Waals surface area contributed by atoms with Gasteiger partial charge in [-0.05, 0) is 31.9 Å². The maximum absolute atomic E-state index is 10.3. The highest BCUT2D eigenvalue weighted by Gasteiger charge is 2.14. The normalized spacial score (nSPS) is 10.8. The van der Waals surface area contributed by atoms with Crippen LogP contribution in [0, 0.1) is 6.92 Å². The summed E-state index contributed by atoms with van der Waals surface area (Å²) in [5.74, 6) is 0.287. The second-order valence-corrected chi connectivity index (χ2v) is 4.59. The fourth-order valence-electron chi connectivity index (χ4n) is 2.14. The highest BCUT2D eigenvalue weighted by atomic mass is 16.3. The number of hydrogen-bond acceptors (Lipinski definition) is 2. The van der Waals surface area contributed by atoms with Crippen molar-refractivity contribution in [3.8, 4) is 11.6 Å². The van der Waals surface area contributed by atoms with E-state index in [9.17, 15) is 5.11 Å². The molecule has 18 heavy (non-hydrogen) atoms. The van der Waals surface area contributed by atoms with E-state index in [1.54, 1.807) is 4.68 Å². The number of benzene rings is 1. The molecule has 0 atom stereocenters. The summed E-state index contributed by atoms with van der Waals surface area (Å²) in [5, 5.41) is 14.7. The molecule has 0 radical (unpaired) electrons. The molecule has 1 N–H and O–H groups in total. The van der Waals surface area contributed by atoms with Crippen LogP contribution in [0.15, 0.2) is 30.3 Å². The van der Waals surface area contributed by atoms with Crippen LogP contribution in [0.5, 0.6) is 5.88 Å². The van der Waals surface area contributed by atoms with Crippen molar-refractivity contribution < 1.29 is 5.11 Å². The molecule has 0 fully saturated rings. The third kappa shape index (κ3) is 2.55. The number of aryl methyl sites for hydroxylation is 1. The molecule has 0 unspecified atom stereocenters. The third-order valence-electron chi connectivity index (χ3n) is 3.19. The molecule has 0 aliphatic carbocycles. The van der Waals surface area contributed by atoms with E-state index in [1.165, 1.54) is 12.8 Å². The van der Waals surface area contributed by atoms with E-state index in [1.807, 2.05) is 37.3 Å². The van der Waals surface area contributed by atoms with Gasteiger partial charge in [0.2, 0.25) is 5.88 Å². The van der Waals surface area contributed by atoms with Gasteiger partial charge in [0, 0.05) is 5.56 Å². The fourth-order valence-corrected chi connectivity index (χ4v) is 2.14. The third-order valence-corrected chi connectivity index (χ3v) is 3.19. The molecule has 1 aromatic carbocycles. The molecule has 0 amide bonds. The van der Waals surface area contributed by atoms with Crippen LogP contribution in [-0.4, -0.2) is 14.9 Å². The first kappa shape index (κ1) is 12.7. The van der Waals surface area contributed by atoms with Gasteiger partial charge in [-0.2, -0.15) is 5.10 Å². The number of aromatic hydroxyl groups is 1. The van der Waals surface area contributed by atoms with Crippen LogP contribution in [-0.2, 0) is 6.42 Å². The van der Waals surface area contributed by atoms with E-state index >= 15 is 0 Å². The van der Waals surface area contributed by atoms with E-state index in [4.69, 9.17) is 0 Å². The number of unbranched alkanes of at least 4 members (excludes halogenated alkanes) is 2. The lowest BCUT2D eigenvalue weighted by atomic mass is 10.1. The van der Waals surface area contributed by atoms with E-state index in [0.717, 1.165) is 29.8 Å². The van der Waals surface area contributed by atoms with Gasteiger partial charge in [0.05, 0.1) is 11.4 Å². The van der Waals surface area contributed by atoms with Gasteiger partial charge in [-0.15, -0.1) is 0 Å². The predicted molar refractivity (Wildman–Crippen MR) is 73.2 cm³/mol. The summed E-state index contributed by atoms with van der Waals surface area (Å²) < 4.78 is 1.62. The zero-order valence-electron chi connectivity index (χ0n) is 11.1. The molecule has 0 spiro atoms. The number of nitrogens with zero attached hydrogens (tertiary/aromatic N) is 2. The van der Waals surface area contributed by atoms with Crippen LogP contribution in [0.4, 0.5) is 0 Å². The summed E-state index contributed by atoms with van der Waals surface area (Å²) in [7, 11) is 0. The Morgan fingerprint density at radius 3 is 2.56 bits per heavy atom. The smallest absolute Gasteiger partial charge is 0.217 e. The predicted octanol–water partition coefficient (Wildman–Crippen LogP) is 3.62. The lowest BCUT2D eigenvalue weighted by molar-refractivity contribution is 0.427. The topological polar surface area (TPSA) is 38.0 Å². The van der Waals surface area contributed by atoms with Crippen molar-refractivity contribution in [3.05, 3.63) is 41.6 Å². The van der Waals surface area contributed by atoms with E-state index < -0.39 is 0 Å². The van der Waals surface area contributed by atoms with E-state index in [-0.39, 0.29) is 5.88 Å². The maximum atomic E-state index is 10.3. The van der Waals surface area contributed by atoms with Crippen molar-refractivity contribution in [2.75, 3.05) is 0 Å². The van der Waals surface area contributed by atoms with Crippen molar-refractivity contribution in [2.45, 2.75) is 39.5 Å². The quantitative estimate of drug-likeness (QED) is 0.816. The Bertz CT molecular complexity index is 503. The molecule has 1 aromatic heterocycles. The molecule has 2 rings (SSSR count). The summed E-state index contributed by atoms with van der Waals surface area (Å²) in [6.45, 7) is 4.14. The van der Waals surface area contributed by atoms with Gasteiger partial charge in [0.15, 0.2) is 0 Å². The van der Waals surface area contributed by atoms with Crippen molar-refractivity contribution in [2.24, 2.45) is 0 Å². The van der Waals surface area contributed by atoms with Crippen molar-refractivity contribution >= 4 is 0 Å². The Morgan fingerprint density at radius 1 is 1.17 bits per heavy atom. The minimum atomic E-state index is 0.287. The Labute approximate surface area is 108 Å². The van der Waals surface area contributed by atoms with Gasteiger partial charge >= 0.3 is 0 Å². The average molecular weight is 244 g/mol. The van der Waals surface area contributed by atoms with Gasteiger partial charge in [-0.25, -0.2) is 4.68 Å². The highest BCUT2D eigenvalue weighted by Crippen LogP contribution is 2.26. The van der Waals surface area contributed by atoms with Crippen molar-refractivity contribution in [1.29, 1.82) is 0 Å². The molecule has 3 heteroatoms. The molecular formula is C15H20N2O. The second kappa shape index (κ2) is 5.71. The minimum absolute atomic E-state index is 0.287. The lowest BCUT2D eigenvalue weighted by Gasteiger charge is -2.03. The zero-order chi connectivity index (χ0) is 13.0. The van der Waals surface area contributed by atoms with Crippen LogP contribution >= 0.6 is 0 Å². The van der Waals surface area contributed by atoms with Crippen LogP contribution in [0.2, 0.25) is 0 Å². The van der Waals surface area contributed by atoms with E-state index in [0.29, 0.717) is 0 Å². The first-order valence-electron chi connectivity index (χ1n) is 6.57. The number of aromatic nitrogens is 2. The van der Waals surface area contributed by atoms with Crippen molar-refractivity contribution in [1.82, 2.24) is 9.78 Å². The number of hydrogen-bond donors (Lipinski definition) is 1. The maximum Gasteiger partial charge on any atom is 0.217 e. The number of para-hydroxylation sites is 1. The second-order valence-electron chi connectivity index (χ2n) is 4.59. The Balaban J connectivity index is 2.26. The molecule has 0 bridgehead atoms. The monoisotopic (exact) mass is 244 g/mol. The van der Waals surface area contributed by atoms with Crippen molar-refractivity contribution in [3.63, 3.8) is 0 Å². The van der Waals surface area contributed by atoms with Crippen LogP contribution in [0.3, 0.4) is 0 Å². The molecule has 0 saturated heterocycles. The summed E-state index contributed by atoms with van der Waals surface area (Å²) in [4.78, 5) is 0. The first-order valence-corrected chi connectivity index (χ1v) is 6.57. The van der Waals surface area contributed by atoms with E-state index in [2.05, 4.69) is 12.0 Å². The molecule has 1 heterocycles. The Kier molecular flexibility index (Phi) is 4.03. The summed E-state index contributed by atoms with van der Waals surface area (Å²) in [6, 6.07) is 9.74. The average Bonchev–Trinajstić information content (AvgIpc) is 2.68. The molecule has 0 aliphatic rings. The molecule has 0 aliphatic heterocycles. The van der Waals surface area contributed by atoms with Crippen LogP contribution < -0.4 is 0 Å². The summed E-state index contributed by atoms with van der Waals surface area (Å²) in [5.41, 5.74) is 2.81. The van der Waals surface area contributed by atoms with Gasteiger partial charge < -0.3 is 5.11 Å². The Hall–Kier alpha value is -1.77. The van der Waals surface area contributed by atoms with Crippen LogP contribution in [0.1, 0.15) is 37.4 Å². The molecular weight excluding hydrogens is 224 g/mol. The van der Waals surface area contributed by atoms with Gasteiger partial charge in [-0.1, -0.05) is 38.0 Å². The van der Waals surface area contributed by atoms with Crippen LogP contribution in [0.25, 0.3) is 5.69 Å². The first-order chi connectivity index (χ1) is 8.74. The standard InChI is InChI=1S/C15H20N2O/c1-3-4-6-11-14-12(2)16-17(15(14)18)13-9-7-5-8-10-13/h5,7-10,18H,3-4,6,11H2,1-2H3. The molecule has 0 saturated carbocycles. The lowest BCUT2D eigenvalue weighted by Crippen LogP contribution is -1.95. The molecule has 3 nitrogen and oxygen atoms in total. The SMILES string of the molecule is CCCCCc1c(C)nn(-c2ccccc2)c1O. The summed E-state index contributed by atoms with van der Waals surface area (Å²) in [6.07, 6.45) is 4.38. The number of rotatable bonds is 5. The fraction of sp³-hybridized carbons (Fsp3) is 0.400. The zero-order valence-corrected chi connectivity index (χ0v) is 11.1. The summed E-state index contributed by atoms with van der Waals surface area (Å²) >= 11 is 0. The molecule has 2 aromatic rings. The highest BCUT2D eigenvalue weighted by molar-refractivity contribution is 5.40. The minimum Gasteiger partial charge on any atom is -0.493 e. The van der Waals surface area contributed by atoms with Gasteiger partial charge in [-0.3, -0.25) is 0 Å². The largest absolute Gasteiger partial charge is 0.493 e. The van der Waals surface area contributed by atoms with Gasteiger partial charge in [0.1, 0.15) is 0 Å². The van der Waals surface area contributed by atoms with Gasteiger partial charge in [0.25, 0.3) is 0 Å².